The van der Waals surface area contributed by atoms with Crippen molar-refractivity contribution in [2.45, 2.75) is 56.5 Å². The number of rotatable bonds is 14. The first-order chi connectivity index (χ1) is 20.7. The zero-order valence-corrected chi connectivity index (χ0v) is 25.9. The Morgan fingerprint density at radius 2 is 1.33 bits per heavy atom. The zero-order chi connectivity index (χ0) is 30.8. The van der Waals surface area contributed by atoms with Crippen LogP contribution in [0.25, 0.3) is 0 Å². The molecule has 10 heteroatoms. The Morgan fingerprint density at radius 3 is 1.88 bits per heavy atom. The van der Waals surface area contributed by atoms with Crippen molar-refractivity contribution in [1.29, 1.82) is 0 Å². The van der Waals surface area contributed by atoms with Crippen LogP contribution in [0.5, 0.6) is 11.5 Å². The first-order valence-electron chi connectivity index (χ1n) is 14.6. The standard InChI is InChI=1S/C33H41N3O6S/c1-25(33(38)34-21-20-27-6-13-29(41-2)14-7-27)36(24-28-8-15-30(42-3)16-9-28)32(37)19-12-26-10-17-31(18-11-26)43(39,40)35-22-4-5-23-35/h6-11,13-18,25H,4-5,12,19-24H2,1-3H3,(H,34,38). The van der Waals surface area contributed by atoms with Gasteiger partial charge in [-0.05, 0) is 85.7 Å². The van der Waals surface area contributed by atoms with Crippen molar-refractivity contribution >= 4 is 21.8 Å². The molecule has 4 rings (SSSR count). The van der Waals surface area contributed by atoms with Gasteiger partial charge in [0.05, 0.1) is 19.1 Å². The van der Waals surface area contributed by atoms with E-state index in [9.17, 15) is 18.0 Å². The minimum absolute atomic E-state index is 0.164. The highest BCUT2D eigenvalue weighted by Crippen LogP contribution is 2.22. The Kier molecular flexibility index (Phi) is 11.2. The third-order valence-electron chi connectivity index (χ3n) is 7.80. The topological polar surface area (TPSA) is 105 Å². The molecule has 1 saturated heterocycles. The Morgan fingerprint density at radius 1 is 0.814 bits per heavy atom. The molecular weight excluding hydrogens is 566 g/mol. The molecule has 0 bridgehead atoms. The maximum absolute atomic E-state index is 13.6. The summed E-state index contributed by atoms with van der Waals surface area (Å²) in [5.41, 5.74) is 2.80. The van der Waals surface area contributed by atoms with Gasteiger partial charge in [-0.2, -0.15) is 4.31 Å². The highest BCUT2D eigenvalue weighted by Gasteiger charge is 2.28. The summed E-state index contributed by atoms with van der Waals surface area (Å²) in [4.78, 5) is 28.6. The molecule has 3 aromatic rings. The molecule has 0 saturated carbocycles. The fourth-order valence-corrected chi connectivity index (χ4v) is 6.60. The summed E-state index contributed by atoms with van der Waals surface area (Å²) in [5.74, 6) is 1.09. The van der Waals surface area contributed by atoms with Crippen LogP contribution >= 0.6 is 0 Å². The number of carbonyl (C=O) groups is 2. The molecule has 1 unspecified atom stereocenters. The number of methoxy groups -OCH3 is 2. The number of hydrogen-bond donors (Lipinski definition) is 1. The Bertz CT molecular complexity index is 1450. The van der Waals surface area contributed by atoms with E-state index in [0.29, 0.717) is 38.2 Å². The third-order valence-corrected chi connectivity index (χ3v) is 9.72. The second-order valence-corrected chi connectivity index (χ2v) is 12.6. The first-order valence-corrected chi connectivity index (χ1v) is 16.1. The van der Waals surface area contributed by atoms with E-state index in [0.717, 1.165) is 35.3 Å². The van der Waals surface area contributed by atoms with Crippen molar-refractivity contribution in [2.75, 3.05) is 33.9 Å². The summed E-state index contributed by atoms with van der Waals surface area (Å²) < 4.78 is 37.7. The molecule has 1 N–H and O–H groups in total. The van der Waals surface area contributed by atoms with Gasteiger partial charge in [0.25, 0.3) is 0 Å². The van der Waals surface area contributed by atoms with Gasteiger partial charge in [-0.25, -0.2) is 8.42 Å². The van der Waals surface area contributed by atoms with E-state index in [1.54, 1.807) is 50.3 Å². The SMILES string of the molecule is COc1ccc(CCNC(=O)C(C)N(Cc2ccc(OC)cc2)C(=O)CCc2ccc(S(=O)(=O)N3CCCC3)cc2)cc1. The molecule has 1 aliphatic heterocycles. The Balaban J connectivity index is 1.39. The quantitative estimate of drug-likeness (QED) is 0.295. The van der Waals surface area contributed by atoms with Crippen molar-refractivity contribution in [2.24, 2.45) is 0 Å². The maximum atomic E-state index is 13.6. The number of sulfonamides is 1. The van der Waals surface area contributed by atoms with Crippen LogP contribution in [0.1, 0.15) is 42.9 Å². The van der Waals surface area contributed by atoms with E-state index in [1.807, 2.05) is 48.5 Å². The van der Waals surface area contributed by atoms with E-state index in [2.05, 4.69) is 5.32 Å². The van der Waals surface area contributed by atoms with Crippen molar-refractivity contribution < 1.29 is 27.5 Å². The molecule has 1 aliphatic rings. The summed E-state index contributed by atoms with van der Waals surface area (Å²) >= 11 is 0. The second-order valence-electron chi connectivity index (χ2n) is 10.7. The highest BCUT2D eigenvalue weighted by molar-refractivity contribution is 7.89. The van der Waals surface area contributed by atoms with Crippen LogP contribution in [-0.2, 0) is 39.0 Å². The molecule has 1 heterocycles. The highest BCUT2D eigenvalue weighted by atomic mass is 32.2. The number of hydrogen-bond acceptors (Lipinski definition) is 6. The fraction of sp³-hybridized carbons (Fsp3) is 0.394. The summed E-state index contributed by atoms with van der Waals surface area (Å²) in [6, 6.07) is 21.2. The van der Waals surface area contributed by atoms with E-state index in [-0.39, 0.29) is 29.7 Å². The predicted octanol–water partition coefficient (Wildman–Crippen LogP) is 4.20. The number of benzene rings is 3. The minimum Gasteiger partial charge on any atom is -0.497 e. The second kappa shape index (κ2) is 15.0. The number of nitrogens with one attached hydrogen (secondary N) is 1. The lowest BCUT2D eigenvalue weighted by Crippen LogP contribution is -2.48. The molecule has 1 atom stereocenters. The van der Waals surface area contributed by atoms with Gasteiger partial charge in [-0.3, -0.25) is 9.59 Å². The molecule has 230 valence electrons. The van der Waals surface area contributed by atoms with Crippen molar-refractivity contribution in [1.82, 2.24) is 14.5 Å². The number of ether oxygens (including phenoxy) is 2. The molecule has 1 fully saturated rings. The van der Waals surface area contributed by atoms with Gasteiger partial charge in [-0.1, -0.05) is 36.4 Å². The third kappa shape index (κ3) is 8.58. The van der Waals surface area contributed by atoms with Gasteiger partial charge in [0, 0.05) is 32.6 Å². The predicted molar refractivity (Wildman–Crippen MR) is 165 cm³/mol. The largest absolute Gasteiger partial charge is 0.497 e. The molecule has 0 aromatic heterocycles. The average molecular weight is 608 g/mol. The van der Waals surface area contributed by atoms with Crippen molar-refractivity contribution in [3.05, 3.63) is 89.5 Å². The molecule has 0 radical (unpaired) electrons. The van der Waals surface area contributed by atoms with Crippen LogP contribution in [0.15, 0.2) is 77.7 Å². The molecule has 2 amide bonds. The van der Waals surface area contributed by atoms with Crippen molar-refractivity contribution in [3.63, 3.8) is 0 Å². The summed E-state index contributed by atoms with van der Waals surface area (Å²) in [7, 11) is -0.276. The summed E-state index contributed by atoms with van der Waals surface area (Å²) in [6.45, 7) is 3.55. The fourth-order valence-electron chi connectivity index (χ4n) is 5.08. The van der Waals surface area contributed by atoms with E-state index < -0.39 is 16.1 Å². The van der Waals surface area contributed by atoms with E-state index >= 15 is 0 Å². The molecule has 43 heavy (non-hydrogen) atoms. The number of aryl methyl sites for hydroxylation is 1. The average Bonchev–Trinajstić information content (AvgIpc) is 3.59. The molecular formula is C33H41N3O6S. The van der Waals surface area contributed by atoms with Gasteiger partial charge in [0.1, 0.15) is 17.5 Å². The molecule has 0 aliphatic carbocycles. The smallest absolute Gasteiger partial charge is 0.243 e. The van der Waals surface area contributed by atoms with Gasteiger partial charge in [0.15, 0.2) is 0 Å². The van der Waals surface area contributed by atoms with Gasteiger partial charge in [0.2, 0.25) is 21.8 Å². The lowest BCUT2D eigenvalue weighted by Gasteiger charge is -2.29. The van der Waals surface area contributed by atoms with Crippen molar-refractivity contribution in [3.8, 4) is 11.5 Å². The Labute approximate surface area is 254 Å². The summed E-state index contributed by atoms with van der Waals surface area (Å²) in [6.07, 6.45) is 3.02. The monoisotopic (exact) mass is 607 g/mol. The van der Waals surface area contributed by atoms with Gasteiger partial charge >= 0.3 is 0 Å². The molecule has 3 aromatic carbocycles. The zero-order valence-electron chi connectivity index (χ0n) is 25.1. The Hall–Kier alpha value is -3.89. The van der Waals surface area contributed by atoms with Crippen LogP contribution in [0.2, 0.25) is 0 Å². The van der Waals surface area contributed by atoms with Crippen LogP contribution in [0.3, 0.4) is 0 Å². The van der Waals surface area contributed by atoms with Crippen LogP contribution in [0.4, 0.5) is 0 Å². The number of carbonyl (C=O) groups excluding carboxylic acids is 2. The van der Waals surface area contributed by atoms with Gasteiger partial charge < -0.3 is 19.7 Å². The number of amides is 2. The molecule has 0 spiro atoms. The van der Waals surface area contributed by atoms with Crippen LogP contribution < -0.4 is 14.8 Å². The minimum atomic E-state index is -3.49. The maximum Gasteiger partial charge on any atom is 0.243 e. The lowest BCUT2D eigenvalue weighted by atomic mass is 10.1. The van der Waals surface area contributed by atoms with Gasteiger partial charge in [-0.15, -0.1) is 0 Å². The van der Waals surface area contributed by atoms with Crippen LogP contribution in [-0.4, -0.2) is 69.3 Å². The normalized spacial score (nSPS) is 14.2. The van der Waals surface area contributed by atoms with Crippen LogP contribution in [0, 0.1) is 0 Å². The first kappa shape index (κ1) is 32.0. The summed E-state index contributed by atoms with van der Waals surface area (Å²) in [5, 5.41) is 2.97. The number of nitrogens with zero attached hydrogens (tertiary/aromatic N) is 2. The lowest BCUT2D eigenvalue weighted by molar-refractivity contribution is -0.140. The molecule has 9 nitrogen and oxygen atoms in total. The van der Waals surface area contributed by atoms with E-state index in [1.165, 1.54) is 4.31 Å². The van der Waals surface area contributed by atoms with E-state index in [4.69, 9.17) is 9.47 Å².